The summed E-state index contributed by atoms with van der Waals surface area (Å²) in [6.07, 6.45) is 23.7. The third kappa shape index (κ3) is 13.7. The average molecular weight is 964 g/mol. The Morgan fingerprint density at radius 1 is 0.662 bits per heavy atom. The molecule has 65 heavy (non-hydrogen) atoms. The molecule has 0 saturated heterocycles. The van der Waals surface area contributed by atoms with Gasteiger partial charge in [0.1, 0.15) is 22.8 Å². The number of benzene rings is 1. The molecule has 0 fully saturated rings. The Bertz CT molecular complexity index is 2040. The molecule has 3 aromatic heterocycles. The molecule has 0 radical (unpaired) electrons. The summed E-state index contributed by atoms with van der Waals surface area (Å²) in [5.41, 5.74) is 2.23. The van der Waals surface area contributed by atoms with Crippen LogP contribution in [0.3, 0.4) is 0 Å². The van der Waals surface area contributed by atoms with E-state index in [1.54, 1.807) is 0 Å². The lowest BCUT2D eigenvalue weighted by Crippen LogP contribution is -2.39. The molecule has 0 saturated carbocycles. The first-order chi connectivity index (χ1) is 31.2. The Labute approximate surface area is 414 Å². The van der Waals surface area contributed by atoms with Crippen LogP contribution >= 0.6 is 45.8 Å². The highest BCUT2D eigenvalue weighted by molar-refractivity contribution is 8.00. The van der Waals surface area contributed by atoms with E-state index in [4.69, 9.17) is 14.2 Å². The molecule has 1 aromatic carbocycles. The van der Waals surface area contributed by atoms with Crippen LogP contribution in [0.25, 0.3) is 35.7 Å². The number of unbranched alkanes of at least 4 members (excludes halogenated alkanes) is 4. The molecule has 0 bridgehead atoms. The number of hydrogen-bond acceptors (Lipinski definition) is 7. The summed E-state index contributed by atoms with van der Waals surface area (Å²) in [6, 6.07) is 7.45. The minimum absolute atomic E-state index is 0.0380. The van der Waals surface area contributed by atoms with Gasteiger partial charge in [0.05, 0.1) is 32.6 Å². The van der Waals surface area contributed by atoms with Crippen LogP contribution in [0.1, 0.15) is 228 Å². The van der Waals surface area contributed by atoms with Gasteiger partial charge in [-0.15, -0.1) is 45.8 Å². The number of rotatable bonds is 30. The maximum atomic E-state index is 7.77. The van der Waals surface area contributed by atoms with Gasteiger partial charge in [-0.3, -0.25) is 0 Å². The molecule has 364 valence electrons. The predicted molar refractivity (Wildman–Crippen MR) is 294 cm³/mol. The summed E-state index contributed by atoms with van der Waals surface area (Å²) in [5.74, 6) is 5.85. The minimum atomic E-state index is -0.325. The number of thioether (sulfide) groups is 1. The average Bonchev–Trinajstić information content (AvgIpc) is 4.05. The zero-order chi connectivity index (χ0) is 47.3. The number of fused-ring (bicyclic) bond motifs is 4. The Morgan fingerprint density at radius 2 is 1.17 bits per heavy atom. The summed E-state index contributed by atoms with van der Waals surface area (Å²) in [5, 5.41) is 1.17. The van der Waals surface area contributed by atoms with Gasteiger partial charge in [-0.25, -0.2) is 0 Å². The van der Waals surface area contributed by atoms with Crippen molar-refractivity contribution in [2.75, 3.05) is 13.2 Å². The third-order valence-corrected chi connectivity index (χ3v) is 19.4. The highest BCUT2D eigenvalue weighted by Gasteiger charge is 2.46. The SMILES string of the molecule is C=Cc1c(SC(C)(C)C)c(OCC(CC)CCCC)c2cc(-c3cc4c(s3)-c3sc(C(C)C)cc3C(CC(CC)CCCC)(CC(CC)CCCC)O4)sc2c1OCC(CC)CCCC. The number of hydrogen-bond donors (Lipinski definition) is 0. The van der Waals surface area contributed by atoms with Crippen molar-refractivity contribution in [1.82, 2.24) is 0 Å². The van der Waals surface area contributed by atoms with Gasteiger partial charge >= 0.3 is 0 Å². The lowest BCUT2D eigenvalue weighted by molar-refractivity contribution is 0.00801. The van der Waals surface area contributed by atoms with Crippen LogP contribution in [-0.4, -0.2) is 18.0 Å². The zero-order valence-corrected chi connectivity index (χ0v) is 46.7. The molecule has 1 aliphatic rings. The van der Waals surface area contributed by atoms with Crippen molar-refractivity contribution in [3.63, 3.8) is 0 Å². The number of ether oxygens (including phenoxy) is 3. The molecule has 1 aliphatic heterocycles. The summed E-state index contributed by atoms with van der Waals surface area (Å²) in [4.78, 5) is 7.96. The van der Waals surface area contributed by atoms with Crippen LogP contribution in [0.15, 0.2) is 29.7 Å². The largest absolute Gasteiger partial charge is 0.491 e. The normalized spacial score (nSPS) is 16.9. The van der Waals surface area contributed by atoms with Gasteiger partial charge in [0.2, 0.25) is 0 Å². The first-order valence-corrected chi connectivity index (χ1v) is 29.7. The van der Waals surface area contributed by atoms with Gasteiger partial charge in [-0.1, -0.05) is 193 Å². The molecule has 3 nitrogen and oxygen atoms in total. The van der Waals surface area contributed by atoms with Crippen LogP contribution in [0.4, 0.5) is 0 Å². The van der Waals surface area contributed by atoms with Gasteiger partial charge in [-0.05, 0) is 67.4 Å². The molecule has 5 rings (SSSR count). The van der Waals surface area contributed by atoms with Crippen molar-refractivity contribution in [2.24, 2.45) is 23.7 Å². The summed E-state index contributed by atoms with van der Waals surface area (Å²) in [7, 11) is 0. The molecule has 4 aromatic rings. The van der Waals surface area contributed by atoms with E-state index >= 15 is 0 Å². The molecule has 0 aliphatic carbocycles. The monoisotopic (exact) mass is 963 g/mol. The van der Waals surface area contributed by atoms with Crippen molar-refractivity contribution in [3.8, 4) is 36.8 Å². The van der Waals surface area contributed by atoms with Gasteiger partial charge in [0.25, 0.3) is 0 Å². The number of thiophene rings is 3. The molecule has 4 unspecified atom stereocenters. The molecule has 4 atom stereocenters. The van der Waals surface area contributed by atoms with Crippen LogP contribution < -0.4 is 14.2 Å². The van der Waals surface area contributed by atoms with Crippen molar-refractivity contribution in [3.05, 3.63) is 40.8 Å². The maximum absolute atomic E-state index is 7.77. The highest BCUT2D eigenvalue weighted by atomic mass is 32.2. The first kappa shape index (κ1) is 54.0. The van der Waals surface area contributed by atoms with E-state index in [1.165, 1.54) is 130 Å². The Balaban J connectivity index is 1.74. The standard InChI is InChI=1S/C58H90O3S4/c1-15-24-28-40(19-5)35-58(36-41(20-6)29-25-16-2)46-33-48(39(10)11)62-55(46)56-47(61-58)34-50(64-56)49-32-45-52(60-38-43(22-8)31-27-18-4)54(65-57(12,13)14)44(23-9)51(53(45)63-49)59-37-42(21-7)30-26-17-3/h23,32-34,39-43H,9,15-22,24-31,35-38H2,1-8,10-14H3. The quantitative estimate of drug-likeness (QED) is 0.0487. The Morgan fingerprint density at radius 3 is 1.65 bits per heavy atom. The van der Waals surface area contributed by atoms with Crippen LogP contribution in [0, 0.1) is 23.7 Å². The molecule has 0 spiro atoms. The molecule has 0 N–H and O–H groups in total. The maximum Gasteiger partial charge on any atom is 0.145 e. The summed E-state index contributed by atoms with van der Waals surface area (Å²) >= 11 is 7.75. The van der Waals surface area contributed by atoms with Crippen molar-refractivity contribution >= 4 is 61.9 Å². The van der Waals surface area contributed by atoms with E-state index < -0.39 is 0 Å². The second kappa shape index (κ2) is 25.6. The van der Waals surface area contributed by atoms with Crippen LogP contribution in [-0.2, 0) is 5.60 Å². The van der Waals surface area contributed by atoms with E-state index in [9.17, 15) is 0 Å². The minimum Gasteiger partial charge on any atom is -0.491 e. The van der Waals surface area contributed by atoms with Gasteiger partial charge < -0.3 is 14.2 Å². The van der Waals surface area contributed by atoms with Crippen LogP contribution in [0.2, 0.25) is 0 Å². The Hall–Kier alpha value is -1.93. The molecule has 4 heterocycles. The van der Waals surface area contributed by atoms with E-state index in [-0.39, 0.29) is 10.3 Å². The van der Waals surface area contributed by atoms with Crippen molar-refractivity contribution in [1.29, 1.82) is 0 Å². The van der Waals surface area contributed by atoms with E-state index in [0.717, 1.165) is 60.0 Å². The smallest absolute Gasteiger partial charge is 0.145 e. The zero-order valence-electron chi connectivity index (χ0n) is 43.4. The second-order valence-corrected chi connectivity index (χ2v) is 25.8. The third-order valence-electron chi connectivity index (χ3n) is 14.1. The lowest BCUT2D eigenvalue weighted by Gasteiger charge is -2.42. The summed E-state index contributed by atoms with van der Waals surface area (Å²) in [6.45, 7) is 36.3. The second-order valence-electron chi connectivity index (χ2n) is 20.8. The Kier molecular flexibility index (Phi) is 21.3. The topological polar surface area (TPSA) is 27.7 Å². The van der Waals surface area contributed by atoms with Crippen LogP contribution in [0.5, 0.6) is 17.2 Å². The van der Waals surface area contributed by atoms with Gasteiger partial charge in [0.15, 0.2) is 0 Å². The van der Waals surface area contributed by atoms with Gasteiger partial charge in [0, 0.05) is 42.0 Å². The van der Waals surface area contributed by atoms with E-state index in [1.807, 2.05) is 51.8 Å². The fourth-order valence-electron chi connectivity index (χ4n) is 9.80. The molecular formula is C58H90O3S4. The fraction of sp³-hybridized carbons (Fsp3) is 0.690. The van der Waals surface area contributed by atoms with Gasteiger partial charge in [-0.2, -0.15) is 0 Å². The molecular weight excluding hydrogens is 873 g/mol. The van der Waals surface area contributed by atoms with Crippen molar-refractivity contribution < 1.29 is 14.2 Å². The lowest BCUT2D eigenvalue weighted by atomic mass is 9.73. The predicted octanol–water partition coefficient (Wildman–Crippen LogP) is 21.0. The first-order valence-electron chi connectivity index (χ1n) is 26.4. The highest BCUT2D eigenvalue weighted by Crippen LogP contribution is 2.60. The fourth-order valence-corrected chi connectivity index (χ4v) is 14.7. The van der Waals surface area contributed by atoms with E-state index in [2.05, 4.69) is 115 Å². The van der Waals surface area contributed by atoms with Crippen molar-refractivity contribution in [2.45, 2.75) is 227 Å². The molecule has 0 amide bonds. The molecule has 7 heteroatoms. The van der Waals surface area contributed by atoms with E-state index in [0.29, 0.717) is 36.2 Å². The summed E-state index contributed by atoms with van der Waals surface area (Å²) < 4.78 is 23.2.